The molecule has 2 aliphatic rings. The van der Waals surface area contributed by atoms with Crippen LogP contribution < -0.4 is 9.47 Å². The maximum atomic E-state index is 11.6. The van der Waals surface area contributed by atoms with Crippen LogP contribution in [0.5, 0.6) is 11.6 Å². The minimum absolute atomic E-state index is 0.0399. The maximum Gasteiger partial charge on any atom is 0.342 e. The van der Waals surface area contributed by atoms with E-state index >= 15 is 0 Å². The first-order valence-electron chi connectivity index (χ1n) is 14.5. The van der Waals surface area contributed by atoms with Gasteiger partial charge >= 0.3 is 5.97 Å². The Morgan fingerprint density at radius 3 is 2.77 bits per heavy atom. The third-order valence-electron chi connectivity index (χ3n) is 8.46. The molecule has 43 heavy (non-hydrogen) atoms. The Bertz CT molecular complexity index is 1650. The van der Waals surface area contributed by atoms with Gasteiger partial charge in [-0.3, -0.25) is 4.90 Å². The number of pyridine rings is 1. The first-order chi connectivity index (χ1) is 20.8. The molecule has 1 fully saturated rings. The average molecular weight is 603 g/mol. The summed E-state index contributed by atoms with van der Waals surface area (Å²) in [6.45, 7) is 9.25. The van der Waals surface area contributed by atoms with Gasteiger partial charge < -0.3 is 19.3 Å². The molecule has 1 N–H and O–H groups in total. The lowest BCUT2D eigenvalue weighted by Crippen LogP contribution is -2.36. The van der Waals surface area contributed by atoms with Crippen LogP contribution in [0.15, 0.2) is 54.7 Å². The van der Waals surface area contributed by atoms with E-state index in [2.05, 4.69) is 29.1 Å². The van der Waals surface area contributed by atoms with Gasteiger partial charge in [-0.05, 0) is 60.1 Å². The second-order valence-corrected chi connectivity index (χ2v) is 11.7. The second-order valence-electron chi connectivity index (χ2n) is 11.3. The van der Waals surface area contributed by atoms with Gasteiger partial charge in [0.25, 0.3) is 0 Å². The van der Waals surface area contributed by atoms with Crippen molar-refractivity contribution in [2.75, 3.05) is 33.4 Å². The number of aryl methyl sites for hydroxylation is 1. The van der Waals surface area contributed by atoms with Crippen LogP contribution in [0.3, 0.4) is 0 Å². The summed E-state index contributed by atoms with van der Waals surface area (Å²) in [5.74, 6) is 1.30. The standard InChI is InChI=1S/C33H35ClN4O5/c1-20-6-4-7-26(28-8-5-9-29(36-28)38-32(41-3)27(14-35-38)33(39)40)31(20)43-19-23-11-10-22-15-37(13-12-25(22)30(23)34)16-24-18-42-17-21(24)2/h4-11,14,21,24H,12-13,15-19H2,1-3H3,(H,39,40). The molecule has 1 saturated heterocycles. The van der Waals surface area contributed by atoms with Gasteiger partial charge in [0.2, 0.25) is 5.88 Å². The van der Waals surface area contributed by atoms with Crippen LogP contribution in [0, 0.1) is 18.8 Å². The summed E-state index contributed by atoms with van der Waals surface area (Å²) in [6.07, 6.45) is 2.17. The van der Waals surface area contributed by atoms with Gasteiger partial charge in [0.1, 0.15) is 17.9 Å². The van der Waals surface area contributed by atoms with E-state index in [1.165, 1.54) is 29.1 Å². The first kappa shape index (κ1) is 29.2. The highest BCUT2D eigenvalue weighted by Crippen LogP contribution is 2.36. The Morgan fingerprint density at radius 1 is 1.16 bits per heavy atom. The molecule has 6 rings (SSSR count). The number of benzene rings is 2. The van der Waals surface area contributed by atoms with Crippen LogP contribution >= 0.6 is 11.6 Å². The van der Waals surface area contributed by atoms with E-state index in [1.54, 1.807) is 6.07 Å². The molecule has 2 aromatic carbocycles. The van der Waals surface area contributed by atoms with E-state index in [4.69, 9.17) is 30.8 Å². The van der Waals surface area contributed by atoms with Crippen LogP contribution in [-0.4, -0.2) is 64.2 Å². The molecule has 10 heteroatoms. The molecular weight excluding hydrogens is 568 g/mol. The van der Waals surface area contributed by atoms with Crippen LogP contribution in [0.2, 0.25) is 5.02 Å². The summed E-state index contributed by atoms with van der Waals surface area (Å²) >= 11 is 6.98. The number of nitrogens with zero attached hydrogens (tertiary/aromatic N) is 4. The minimum atomic E-state index is -1.12. The topological polar surface area (TPSA) is 98.9 Å². The number of ether oxygens (including phenoxy) is 3. The van der Waals surface area contributed by atoms with Crippen molar-refractivity contribution in [2.24, 2.45) is 11.8 Å². The van der Waals surface area contributed by atoms with Crippen molar-refractivity contribution in [3.8, 4) is 28.7 Å². The Balaban J connectivity index is 1.22. The van der Waals surface area contributed by atoms with Gasteiger partial charge in [-0.25, -0.2) is 9.78 Å². The van der Waals surface area contributed by atoms with Gasteiger partial charge in [0.15, 0.2) is 5.82 Å². The lowest BCUT2D eigenvalue weighted by molar-refractivity contribution is 0.0693. The molecule has 4 heterocycles. The molecule has 0 radical (unpaired) electrons. The van der Waals surface area contributed by atoms with Crippen molar-refractivity contribution < 1.29 is 24.1 Å². The smallest absolute Gasteiger partial charge is 0.342 e. The fourth-order valence-electron chi connectivity index (χ4n) is 5.99. The van der Waals surface area contributed by atoms with E-state index in [1.807, 2.05) is 37.3 Å². The van der Waals surface area contributed by atoms with Gasteiger partial charge in [0, 0.05) is 37.4 Å². The number of rotatable bonds is 9. The first-order valence-corrected chi connectivity index (χ1v) is 14.9. The zero-order valence-electron chi connectivity index (χ0n) is 24.5. The molecule has 4 aromatic rings. The Kier molecular flexibility index (Phi) is 8.38. The number of aromatic nitrogens is 3. The van der Waals surface area contributed by atoms with Crippen molar-refractivity contribution in [3.05, 3.63) is 87.6 Å². The summed E-state index contributed by atoms with van der Waals surface area (Å²) in [5.41, 5.74) is 5.83. The summed E-state index contributed by atoms with van der Waals surface area (Å²) in [7, 11) is 1.41. The lowest BCUT2D eigenvalue weighted by atomic mass is 9.93. The zero-order chi connectivity index (χ0) is 30.1. The quantitative estimate of drug-likeness (QED) is 0.256. The number of para-hydroxylation sites is 1. The molecule has 0 saturated carbocycles. The lowest BCUT2D eigenvalue weighted by Gasteiger charge is -2.32. The molecule has 0 spiro atoms. The van der Waals surface area contributed by atoms with Crippen molar-refractivity contribution >= 4 is 17.6 Å². The van der Waals surface area contributed by atoms with Crippen LogP contribution in [0.4, 0.5) is 0 Å². The number of halogens is 1. The number of carboxylic acids is 1. The Labute approximate surface area is 256 Å². The summed E-state index contributed by atoms with van der Waals surface area (Å²) < 4.78 is 18.8. The van der Waals surface area contributed by atoms with Crippen molar-refractivity contribution in [2.45, 2.75) is 33.4 Å². The van der Waals surface area contributed by atoms with E-state index < -0.39 is 5.97 Å². The van der Waals surface area contributed by atoms with E-state index in [0.717, 1.165) is 61.0 Å². The highest BCUT2D eigenvalue weighted by Gasteiger charge is 2.29. The molecule has 0 aliphatic carbocycles. The van der Waals surface area contributed by atoms with E-state index in [9.17, 15) is 9.90 Å². The highest BCUT2D eigenvalue weighted by atomic mass is 35.5. The highest BCUT2D eigenvalue weighted by molar-refractivity contribution is 6.32. The number of hydrogen-bond acceptors (Lipinski definition) is 7. The Hall–Kier alpha value is -3.92. The van der Waals surface area contributed by atoms with Gasteiger partial charge in [0.05, 0.1) is 30.6 Å². The van der Waals surface area contributed by atoms with Crippen molar-refractivity contribution in [1.29, 1.82) is 0 Å². The minimum Gasteiger partial charge on any atom is -0.488 e. The largest absolute Gasteiger partial charge is 0.488 e. The van der Waals surface area contributed by atoms with Crippen molar-refractivity contribution in [1.82, 2.24) is 19.7 Å². The van der Waals surface area contributed by atoms with Crippen LogP contribution in [0.1, 0.15) is 39.5 Å². The number of carbonyl (C=O) groups is 1. The number of fused-ring (bicyclic) bond motifs is 1. The summed E-state index contributed by atoms with van der Waals surface area (Å²) in [6, 6.07) is 15.6. The van der Waals surface area contributed by atoms with Gasteiger partial charge in [-0.15, -0.1) is 0 Å². The van der Waals surface area contributed by atoms with Crippen LogP contribution in [0.25, 0.3) is 17.1 Å². The number of methoxy groups -OCH3 is 1. The third kappa shape index (κ3) is 5.85. The molecule has 2 aromatic heterocycles. The molecule has 2 aliphatic heterocycles. The van der Waals surface area contributed by atoms with Gasteiger partial charge in [-0.2, -0.15) is 9.78 Å². The fourth-order valence-corrected chi connectivity index (χ4v) is 6.32. The van der Waals surface area contributed by atoms with Gasteiger partial charge in [-0.1, -0.05) is 48.9 Å². The number of carboxylic acid groups (broad SMARTS) is 1. The molecule has 224 valence electrons. The van der Waals surface area contributed by atoms with E-state index in [0.29, 0.717) is 35.7 Å². The number of aromatic carboxylic acids is 1. The molecule has 2 atom stereocenters. The molecule has 0 bridgehead atoms. The average Bonchev–Trinajstić information content (AvgIpc) is 3.63. The number of hydrogen-bond donors (Lipinski definition) is 1. The SMILES string of the molecule is COc1c(C(=O)O)cnn1-c1cccc(-c2cccc(C)c2OCc2ccc3c(c2Cl)CCN(CC2COCC2C)C3)n1. The second kappa shape index (κ2) is 12.4. The maximum absolute atomic E-state index is 11.6. The predicted molar refractivity (Wildman–Crippen MR) is 163 cm³/mol. The molecule has 9 nitrogen and oxygen atoms in total. The van der Waals surface area contributed by atoms with Crippen molar-refractivity contribution in [3.63, 3.8) is 0 Å². The molecular formula is C33H35ClN4O5. The zero-order valence-corrected chi connectivity index (χ0v) is 25.3. The fraction of sp³-hybridized carbons (Fsp3) is 0.364. The van der Waals surface area contributed by atoms with Crippen LogP contribution in [-0.2, 0) is 24.3 Å². The third-order valence-corrected chi connectivity index (χ3v) is 8.93. The predicted octanol–water partition coefficient (Wildman–Crippen LogP) is 5.82. The molecule has 0 amide bonds. The summed E-state index contributed by atoms with van der Waals surface area (Å²) in [5, 5.41) is 14.5. The Morgan fingerprint density at radius 2 is 2.00 bits per heavy atom. The summed E-state index contributed by atoms with van der Waals surface area (Å²) in [4.78, 5) is 18.9. The monoisotopic (exact) mass is 602 g/mol. The molecule has 2 unspecified atom stereocenters. The van der Waals surface area contributed by atoms with E-state index in [-0.39, 0.29) is 11.4 Å². The normalized spacial score (nSPS) is 18.4.